The molecule has 2 N–H and O–H groups in total. The SMILES string of the molecule is CNc1ccc(S(=O)(=O)NCC2(C)CCCC2)cn1. The lowest BCUT2D eigenvalue weighted by atomic mass is 9.89. The van der Waals surface area contributed by atoms with Crippen LogP contribution in [0.15, 0.2) is 23.2 Å². The van der Waals surface area contributed by atoms with E-state index in [4.69, 9.17) is 0 Å². The van der Waals surface area contributed by atoms with Gasteiger partial charge < -0.3 is 5.32 Å². The standard InChI is InChI=1S/C13H21N3O2S/c1-13(7-3-4-8-13)10-16-19(17,18)11-5-6-12(14-2)15-9-11/h5-6,9,16H,3-4,7-8,10H2,1-2H3,(H,14,15). The van der Waals surface area contributed by atoms with E-state index < -0.39 is 10.0 Å². The Morgan fingerprint density at radius 3 is 2.53 bits per heavy atom. The Morgan fingerprint density at radius 2 is 2.00 bits per heavy atom. The summed E-state index contributed by atoms with van der Waals surface area (Å²) in [5, 5.41) is 2.86. The third kappa shape index (κ3) is 3.45. The van der Waals surface area contributed by atoms with Gasteiger partial charge in [0.1, 0.15) is 10.7 Å². The minimum absolute atomic E-state index is 0.103. The monoisotopic (exact) mass is 283 g/mol. The van der Waals surface area contributed by atoms with E-state index in [-0.39, 0.29) is 10.3 Å². The molecule has 0 bridgehead atoms. The molecule has 0 aromatic carbocycles. The minimum Gasteiger partial charge on any atom is -0.373 e. The fraction of sp³-hybridized carbons (Fsp3) is 0.615. The molecule has 19 heavy (non-hydrogen) atoms. The second-order valence-electron chi connectivity index (χ2n) is 5.47. The summed E-state index contributed by atoms with van der Waals surface area (Å²) in [6, 6.07) is 3.23. The number of hydrogen-bond acceptors (Lipinski definition) is 4. The van der Waals surface area contributed by atoms with Crippen LogP contribution in [0.5, 0.6) is 0 Å². The first-order chi connectivity index (χ1) is 8.95. The average molecular weight is 283 g/mol. The van der Waals surface area contributed by atoms with Gasteiger partial charge in [-0.1, -0.05) is 19.8 Å². The highest BCUT2D eigenvalue weighted by Gasteiger charge is 2.30. The van der Waals surface area contributed by atoms with Crippen molar-refractivity contribution in [1.29, 1.82) is 0 Å². The predicted octanol–water partition coefficient (Wildman–Crippen LogP) is 1.98. The summed E-state index contributed by atoms with van der Waals surface area (Å²) in [5.41, 5.74) is 0.103. The van der Waals surface area contributed by atoms with Gasteiger partial charge in [-0.3, -0.25) is 0 Å². The molecule has 0 spiro atoms. The summed E-state index contributed by atoms with van der Waals surface area (Å²) >= 11 is 0. The molecule has 1 saturated carbocycles. The van der Waals surface area contributed by atoms with Gasteiger partial charge in [0.25, 0.3) is 0 Å². The largest absolute Gasteiger partial charge is 0.373 e. The van der Waals surface area contributed by atoms with E-state index in [1.54, 1.807) is 19.2 Å². The van der Waals surface area contributed by atoms with Crippen LogP contribution in [0.3, 0.4) is 0 Å². The molecule has 1 fully saturated rings. The van der Waals surface area contributed by atoms with E-state index in [0.717, 1.165) is 12.8 Å². The Hall–Kier alpha value is -1.14. The molecule has 1 aliphatic rings. The van der Waals surface area contributed by atoms with Crippen LogP contribution in [0.2, 0.25) is 0 Å². The van der Waals surface area contributed by atoms with Crippen molar-refractivity contribution in [2.45, 2.75) is 37.5 Å². The van der Waals surface area contributed by atoms with Crippen molar-refractivity contribution in [2.75, 3.05) is 18.9 Å². The summed E-state index contributed by atoms with van der Waals surface area (Å²) in [6.07, 6.45) is 5.94. The van der Waals surface area contributed by atoms with Crippen LogP contribution >= 0.6 is 0 Å². The molecule has 1 heterocycles. The van der Waals surface area contributed by atoms with Crippen molar-refractivity contribution in [3.8, 4) is 0 Å². The number of nitrogens with one attached hydrogen (secondary N) is 2. The molecule has 1 aromatic rings. The van der Waals surface area contributed by atoms with Gasteiger partial charge in [0.15, 0.2) is 0 Å². The lowest BCUT2D eigenvalue weighted by Crippen LogP contribution is -2.34. The molecule has 0 radical (unpaired) electrons. The molecular formula is C13H21N3O2S. The van der Waals surface area contributed by atoms with Gasteiger partial charge in [-0.05, 0) is 30.4 Å². The lowest BCUT2D eigenvalue weighted by molar-refractivity contribution is 0.336. The van der Waals surface area contributed by atoms with E-state index in [0.29, 0.717) is 12.4 Å². The van der Waals surface area contributed by atoms with Crippen LogP contribution in [0, 0.1) is 5.41 Å². The Bertz CT molecular complexity index is 519. The zero-order valence-electron chi connectivity index (χ0n) is 11.4. The van der Waals surface area contributed by atoms with Crippen molar-refractivity contribution in [3.05, 3.63) is 18.3 Å². The van der Waals surface area contributed by atoms with Gasteiger partial charge in [-0.15, -0.1) is 0 Å². The number of pyridine rings is 1. The van der Waals surface area contributed by atoms with Crippen LogP contribution < -0.4 is 10.0 Å². The van der Waals surface area contributed by atoms with E-state index in [1.165, 1.54) is 19.0 Å². The van der Waals surface area contributed by atoms with Gasteiger partial charge in [0.05, 0.1) is 0 Å². The fourth-order valence-corrected chi connectivity index (χ4v) is 3.59. The number of nitrogens with zero attached hydrogens (tertiary/aromatic N) is 1. The van der Waals surface area contributed by atoms with Crippen molar-refractivity contribution >= 4 is 15.8 Å². The molecule has 1 aromatic heterocycles. The summed E-state index contributed by atoms with van der Waals surface area (Å²) in [4.78, 5) is 4.25. The molecule has 2 rings (SSSR count). The third-order valence-corrected chi connectivity index (χ3v) is 5.19. The van der Waals surface area contributed by atoms with Crippen LogP contribution in [0.1, 0.15) is 32.6 Å². The minimum atomic E-state index is -3.45. The summed E-state index contributed by atoms with van der Waals surface area (Å²) in [6.45, 7) is 2.65. The van der Waals surface area contributed by atoms with Crippen molar-refractivity contribution < 1.29 is 8.42 Å². The van der Waals surface area contributed by atoms with Crippen LogP contribution in [-0.2, 0) is 10.0 Å². The molecule has 6 heteroatoms. The highest BCUT2D eigenvalue weighted by Crippen LogP contribution is 2.36. The number of sulfonamides is 1. The normalized spacial score (nSPS) is 18.4. The first-order valence-corrected chi connectivity index (χ1v) is 8.07. The summed E-state index contributed by atoms with van der Waals surface area (Å²) < 4.78 is 27.0. The maximum absolute atomic E-state index is 12.2. The molecule has 5 nitrogen and oxygen atoms in total. The maximum Gasteiger partial charge on any atom is 0.242 e. The summed E-state index contributed by atoms with van der Waals surface area (Å²) in [7, 11) is -1.71. The van der Waals surface area contributed by atoms with Gasteiger partial charge in [-0.25, -0.2) is 18.1 Å². The third-order valence-electron chi connectivity index (χ3n) is 3.80. The number of hydrogen-bond donors (Lipinski definition) is 2. The molecule has 0 aliphatic heterocycles. The van der Waals surface area contributed by atoms with Gasteiger partial charge in [-0.2, -0.15) is 0 Å². The van der Waals surface area contributed by atoms with Crippen molar-refractivity contribution in [3.63, 3.8) is 0 Å². The highest BCUT2D eigenvalue weighted by molar-refractivity contribution is 7.89. The second kappa shape index (κ2) is 5.46. The zero-order valence-corrected chi connectivity index (χ0v) is 12.3. The number of aromatic nitrogens is 1. The smallest absolute Gasteiger partial charge is 0.242 e. The first kappa shape index (κ1) is 14.3. The van der Waals surface area contributed by atoms with Crippen molar-refractivity contribution in [1.82, 2.24) is 9.71 Å². The quantitative estimate of drug-likeness (QED) is 0.867. The number of rotatable bonds is 5. The van der Waals surface area contributed by atoms with E-state index in [2.05, 4.69) is 21.9 Å². The Labute approximate surface area is 114 Å². The molecular weight excluding hydrogens is 262 g/mol. The summed E-state index contributed by atoms with van der Waals surface area (Å²) in [5.74, 6) is 0.654. The Morgan fingerprint density at radius 1 is 1.32 bits per heavy atom. The zero-order chi connectivity index (χ0) is 13.9. The van der Waals surface area contributed by atoms with E-state index >= 15 is 0 Å². The number of anilines is 1. The van der Waals surface area contributed by atoms with Crippen LogP contribution in [-0.4, -0.2) is 27.0 Å². The van der Waals surface area contributed by atoms with Crippen molar-refractivity contribution in [2.24, 2.45) is 5.41 Å². The first-order valence-electron chi connectivity index (χ1n) is 6.59. The van der Waals surface area contributed by atoms with Gasteiger partial charge in [0.2, 0.25) is 10.0 Å². The van der Waals surface area contributed by atoms with E-state index in [9.17, 15) is 8.42 Å². The lowest BCUT2D eigenvalue weighted by Gasteiger charge is -2.23. The van der Waals surface area contributed by atoms with Crippen LogP contribution in [0.4, 0.5) is 5.82 Å². The fourth-order valence-electron chi connectivity index (χ4n) is 2.45. The molecule has 0 amide bonds. The molecule has 0 unspecified atom stereocenters. The van der Waals surface area contributed by atoms with Gasteiger partial charge >= 0.3 is 0 Å². The van der Waals surface area contributed by atoms with E-state index in [1.807, 2.05) is 0 Å². The van der Waals surface area contributed by atoms with Crippen LogP contribution in [0.25, 0.3) is 0 Å². The van der Waals surface area contributed by atoms with Gasteiger partial charge in [0, 0.05) is 19.8 Å². The second-order valence-corrected chi connectivity index (χ2v) is 7.24. The molecule has 0 atom stereocenters. The predicted molar refractivity (Wildman–Crippen MR) is 75.5 cm³/mol. The maximum atomic E-state index is 12.2. The Kier molecular flexibility index (Phi) is 4.10. The highest BCUT2D eigenvalue weighted by atomic mass is 32.2. The topological polar surface area (TPSA) is 71.1 Å². The Balaban J connectivity index is 2.05. The molecule has 106 valence electrons. The molecule has 0 saturated heterocycles. The molecule has 1 aliphatic carbocycles. The average Bonchev–Trinajstić information content (AvgIpc) is 2.84.